The molecule has 2 aliphatic rings. The number of nitrogens with zero attached hydrogens (tertiary/aromatic N) is 1. The van der Waals surface area contributed by atoms with Crippen LogP contribution in [0, 0.1) is 5.92 Å². The van der Waals surface area contributed by atoms with Crippen LogP contribution in [0.4, 0.5) is 0 Å². The van der Waals surface area contributed by atoms with Gasteiger partial charge < -0.3 is 10.2 Å². The van der Waals surface area contributed by atoms with Crippen LogP contribution < -0.4 is 5.32 Å². The van der Waals surface area contributed by atoms with E-state index in [4.69, 9.17) is 0 Å². The summed E-state index contributed by atoms with van der Waals surface area (Å²) in [5.41, 5.74) is 0. The van der Waals surface area contributed by atoms with E-state index in [2.05, 4.69) is 24.1 Å². The quantitative estimate of drug-likeness (QED) is 0.746. The third kappa shape index (κ3) is 3.74. The second-order valence-corrected chi connectivity index (χ2v) is 5.80. The van der Waals surface area contributed by atoms with Crippen LogP contribution in [-0.4, -0.2) is 36.6 Å². The first kappa shape index (κ1) is 12.4. The molecule has 2 heteroatoms. The van der Waals surface area contributed by atoms with E-state index in [1.165, 1.54) is 58.2 Å². The molecule has 1 N–H and O–H groups in total. The van der Waals surface area contributed by atoms with Crippen molar-refractivity contribution in [3.05, 3.63) is 0 Å². The van der Waals surface area contributed by atoms with Gasteiger partial charge in [-0.3, -0.25) is 0 Å². The molecule has 0 aromatic carbocycles. The van der Waals surface area contributed by atoms with Gasteiger partial charge in [-0.15, -0.1) is 0 Å². The van der Waals surface area contributed by atoms with E-state index in [1.54, 1.807) is 0 Å². The summed E-state index contributed by atoms with van der Waals surface area (Å²) in [6.07, 6.45) is 8.36. The second-order valence-electron chi connectivity index (χ2n) is 5.80. The molecule has 1 saturated carbocycles. The Balaban J connectivity index is 1.61. The van der Waals surface area contributed by atoms with Crippen molar-refractivity contribution in [2.75, 3.05) is 19.6 Å². The Labute approximate surface area is 101 Å². The van der Waals surface area contributed by atoms with Crippen LogP contribution in [0.25, 0.3) is 0 Å². The standard InChI is InChI=1S/C14H28N2/c1-3-4-12(2)16-9-7-13(8-10-16)11-15-14-5-6-14/h12-15H,3-11H2,1-2H3. The number of nitrogens with one attached hydrogen (secondary N) is 1. The van der Waals surface area contributed by atoms with Crippen molar-refractivity contribution in [2.24, 2.45) is 5.92 Å². The fourth-order valence-corrected chi connectivity index (χ4v) is 2.82. The molecule has 1 aliphatic carbocycles. The Bertz CT molecular complexity index is 193. The maximum atomic E-state index is 3.68. The highest BCUT2D eigenvalue weighted by atomic mass is 15.2. The molecule has 0 radical (unpaired) electrons. The van der Waals surface area contributed by atoms with Crippen molar-refractivity contribution in [3.8, 4) is 0 Å². The number of hydrogen-bond donors (Lipinski definition) is 1. The zero-order valence-corrected chi connectivity index (χ0v) is 11.0. The molecular formula is C14H28N2. The van der Waals surface area contributed by atoms with E-state index in [9.17, 15) is 0 Å². The minimum Gasteiger partial charge on any atom is -0.314 e. The highest BCUT2D eigenvalue weighted by Gasteiger charge is 2.25. The molecule has 1 saturated heterocycles. The van der Waals surface area contributed by atoms with E-state index in [0.29, 0.717) is 0 Å². The van der Waals surface area contributed by atoms with Crippen molar-refractivity contribution in [3.63, 3.8) is 0 Å². The van der Waals surface area contributed by atoms with E-state index in [1.807, 2.05) is 0 Å². The Morgan fingerprint density at radius 1 is 1.19 bits per heavy atom. The van der Waals surface area contributed by atoms with Gasteiger partial charge in [0.25, 0.3) is 0 Å². The smallest absolute Gasteiger partial charge is 0.00683 e. The zero-order chi connectivity index (χ0) is 11.4. The lowest BCUT2D eigenvalue weighted by Gasteiger charge is -2.36. The van der Waals surface area contributed by atoms with Crippen LogP contribution >= 0.6 is 0 Å². The van der Waals surface area contributed by atoms with Gasteiger partial charge in [0.1, 0.15) is 0 Å². The Morgan fingerprint density at radius 3 is 2.44 bits per heavy atom. The molecule has 1 heterocycles. The summed E-state index contributed by atoms with van der Waals surface area (Å²) in [6, 6.07) is 1.69. The largest absolute Gasteiger partial charge is 0.314 e. The SMILES string of the molecule is CCCC(C)N1CCC(CNC2CC2)CC1. The average molecular weight is 224 g/mol. The molecule has 2 nitrogen and oxygen atoms in total. The van der Waals surface area contributed by atoms with Gasteiger partial charge >= 0.3 is 0 Å². The van der Waals surface area contributed by atoms with Crippen molar-refractivity contribution in [1.29, 1.82) is 0 Å². The average Bonchev–Trinajstić information content (AvgIpc) is 3.11. The third-order valence-corrected chi connectivity index (χ3v) is 4.25. The van der Waals surface area contributed by atoms with Crippen LogP contribution in [0.3, 0.4) is 0 Å². The molecule has 16 heavy (non-hydrogen) atoms. The lowest BCUT2D eigenvalue weighted by atomic mass is 9.95. The van der Waals surface area contributed by atoms with Crippen molar-refractivity contribution < 1.29 is 0 Å². The van der Waals surface area contributed by atoms with E-state index in [-0.39, 0.29) is 0 Å². The molecule has 1 aliphatic heterocycles. The molecule has 0 aromatic heterocycles. The normalized spacial score (nSPS) is 25.9. The molecule has 2 rings (SSSR count). The first-order chi connectivity index (χ1) is 7.79. The molecule has 0 amide bonds. The summed E-state index contributed by atoms with van der Waals surface area (Å²) in [4.78, 5) is 2.69. The van der Waals surface area contributed by atoms with Crippen molar-refractivity contribution in [2.45, 2.75) is 64.5 Å². The Hall–Kier alpha value is -0.0800. The van der Waals surface area contributed by atoms with Gasteiger partial charge in [-0.05, 0) is 64.6 Å². The maximum Gasteiger partial charge on any atom is 0.00683 e. The van der Waals surface area contributed by atoms with Gasteiger partial charge in [-0.1, -0.05) is 13.3 Å². The summed E-state index contributed by atoms with van der Waals surface area (Å²) in [7, 11) is 0. The summed E-state index contributed by atoms with van der Waals surface area (Å²) in [6.45, 7) is 8.63. The first-order valence-electron chi connectivity index (χ1n) is 7.27. The summed E-state index contributed by atoms with van der Waals surface area (Å²) < 4.78 is 0. The number of piperidine rings is 1. The van der Waals surface area contributed by atoms with Crippen LogP contribution in [0.15, 0.2) is 0 Å². The predicted octanol–water partition coefficient (Wildman–Crippen LogP) is 2.64. The molecule has 2 fully saturated rings. The Morgan fingerprint density at radius 2 is 1.88 bits per heavy atom. The molecular weight excluding hydrogens is 196 g/mol. The van der Waals surface area contributed by atoms with Gasteiger partial charge in [0.2, 0.25) is 0 Å². The second kappa shape index (κ2) is 6.02. The summed E-state index contributed by atoms with van der Waals surface area (Å²) >= 11 is 0. The topological polar surface area (TPSA) is 15.3 Å². The molecule has 1 atom stereocenters. The minimum atomic E-state index is 0.808. The van der Waals surface area contributed by atoms with Crippen LogP contribution in [0.2, 0.25) is 0 Å². The summed E-state index contributed by atoms with van der Waals surface area (Å²) in [5, 5.41) is 3.68. The van der Waals surface area contributed by atoms with Gasteiger partial charge in [-0.2, -0.15) is 0 Å². The van der Waals surface area contributed by atoms with E-state index in [0.717, 1.165) is 18.0 Å². The fourth-order valence-electron chi connectivity index (χ4n) is 2.82. The van der Waals surface area contributed by atoms with Crippen LogP contribution in [0.5, 0.6) is 0 Å². The maximum absolute atomic E-state index is 3.68. The third-order valence-electron chi connectivity index (χ3n) is 4.25. The number of rotatable bonds is 6. The van der Waals surface area contributed by atoms with Crippen LogP contribution in [0.1, 0.15) is 52.4 Å². The van der Waals surface area contributed by atoms with E-state index < -0.39 is 0 Å². The van der Waals surface area contributed by atoms with Crippen molar-refractivity contribution >= 4 is 0 Å². The monoisotopic (exact) mass is 224 g/mol. The zero-order valence-electron chi connectivity index (χ0n) is 11.0. The van der Waals surface area contributed by atoms with Gasteiger partial charge in [0.15, 0.2) is 0 Å². The lowest BCUT2D eigenvalue weighted by Crippen LogP contribution is -2.42. The first-order valence-corrected chi connectivity index (χ1v) is 7.27. The highest BCUT2D eigenvalue weighted by Crippen LogP contribution is 2.23. The fraction of sp³-hybridized carbons (Fsp3) is 1.00. The lowest BCUT2D eigenvalue weighted by molar-refractivity contribution is 0.134. The molecule has 1 unspecified atom stereocenters. The number of likely N-dealkylation sites (tertiary alicyclic amines) is 1. The Kier molecular flexibility index (Phi) is 4.66. The predicted molar refractivity (Wildman–Crippen MR) is 69.7 cm³/mol. The summed E-state index contributed by atoms with van der Waals surface area (Å²) in [5.74, 6) is 0.950. The van der Waals surface area contributed by atoms with E-state index >= 15 is 0 Å². The van der Waals surface area contributed by atoms with Gasteiger partial charge in [-0.25, -0.2) is 0 Å². The van der Waals surface area contributed by atoms with Crippen molar-refractivity contribution in [1.82, 2.24) is 10.2 Å². The van der Waals surface area contributed by atoms with Gasteiger partial charge in [0.05, 0.1) is 0 Å². The molecule has 0 bridgehead atoms. The van der Waals surface area contributed by atoms with Gasteiger partial charge in [0, 0.05) is 12.1 Å². The molecule has 0 aromatic rings. The highest BCUT2D eigenvalue weighted by molar-refractivity contribution is 4.83. The minimum absolute atomic E-state index is 0.808. The molecule has 0 spiro atoms. The molecule has 94 valence electrons. The van der Waals surface area contributed by atoms with Crippen LogP contribution in [-0.2, 0) is 0 Å². The number of hydrogen-bond acceptors (Lipinski definition) is 2.